The number of aromatic nitrogens is 14. The maximum atomic E-state index is 14.2. The van der Waals surface area contributed by atoms with Crippen molar-refractivity contribution < 1.29 is 18.6 Å². The lowest BCUT2D eigenvalue weighted by Crippen LogP contribution is -2.37. The Kier molecular flexibility index (Phi) is 22.4. The number of nitrogens with two attached hydrogens (primary N) is 2. The average molecular weight is 1540 g/mol. The summed E-state index contributed by atoms with van der Waals surface area (Å²) in [4.78, 5) is 83.5. The Balaban J connectivity index is 0.000000112. The first-order valence-electron chi connectivity index (χ1n) is 32.2. The minimum absolute atomic E-state index is 0.0748. The fourth-order valence-electron chi connectivity index (χ4n) is 12.1. The molecule has 0 bridgehead atoms. The molecule has 7 aromatic heterocycles. The van der Waals surface area contributed by atoms with Crippen LogP contribution in [-0.2, 0) is 42.2 Å². The summed E-state index contributed by atoms with van der Waals surface area (Å²) >= 11 is 4.48. The molecule has 33 heteroatoms. The highest BCUT2D eigenvalue weighted by atomic mass is 127. The lowest BCUT2D eigenvalue weighted by molar-refractivity contribution is 0.122. The number of ether oxygens (including phenoxy) is 3. The maximum absolute atomic E-state index is 14.2. The second kappa shape index (κ2) is 31.9. The zero-order valence-corrected chi connectivity index (χ0v) is 59.0. The van der Waals surface area contributed by atoms with E-state index in [-0.39, 0.29) is 11.9 Å². The number of nitrogens with one attached hydrogen (secondary N) is 2. The van der Waals surface area contributed by atoms with Crippen molar-refractivity contribution in [3.63, 3.8) is 0 Å². The van der Waals surface area contributed by atoms with Crippen molar-refractivity contribution in [2.75, 3.05) is 136 Å². The molecular formula is C64H76FI2N27O3. The highest BCUT2D eigenvalue weighted by molar-refractivity contribution is 14.1. The number of aromatic amines is 1. The Hall–Kier alpha value is -8.97. The third-order valence-electron chi connectivity index (χ3n) is 16.8. The minimum Gasteiger partial charge on any atom is -0.488 e. The Morgan fingerprint density at radius 2 is 1.11 bits per heavy atom. The van der Waals surface area contributed by atoms with Gasteiger partial charge in [-0.05, 0) is 109 Å². The Bertz CT molecular complexity index is 4260. The molecule has 97 heavy (non-hydrogen) atoms. The van der Waals surface area contributed by atoms with E-state index in [1.807, 2.05) is 39.1 Å². The lowest BCUT2D eigenvalue weighted by atomic mass is 10.0. The van der Waals surface area contributed by atoms with Crippen LogP contribution in [0.2, 0.25) is 0 Å². The monoisotopic (exact) mass is 1540 g/mol. The Labute approximate surface area is 587 Å². The predicted molar refractivity (Wildman–Crippen MR) is 389 cm³/mol. The topological polar surface area (TPSA) is 353 Å². The number of benzene rings is 1. The molecule has 0 unspecified atom stereocenters. The molecule has 30 nitrogen and oxygen atoms in total. The van der Waals surface area contributed by atoms with E-state index in [0.29, 0.717) is 67.1 Å². The number of anilines is 7. The van der Waals surface area contributed by atoms with E-state index in [9.17, 15) is 4.39 Å². The molecule has 9 aliphatic heterocycles. The number of piperidine rings is 1. The molecule has 6 N–H and O–H groups in total. The summed E-state index contributed by atoms with van der Waals surface area (Å²) in [5.74, 6) is 6.47. The molecule has 506 valence electrons. The molecule has 0 radical (unpaired) electrons. The van der Waals surface area contributed by atoms with E-state index in [4.69, 9.17) is 25.7 Å². The van der Waals surface area contributed by atoms with Crippen molar-refractivity contribution in [2.45, 2.75) is 84.8 Å². The van der Waals surface area contributed by atoms with Gasteiger partial charge in [0, 0.05) is 85.3 Å². The summed E-state index contributed by atoms with van der Waals surface area (Å²) in [7, 11) is 5.74. The fraction of sp³-hybridized carbons (Fsp3) is 0.438. The Morgan fingerprint density at radius 3 is 1.79 bits per heavy atom. The van der Waals surface area contributed by atoms with E-state index < -0.39 is 5.82 Å². The van der Waals surface area contributed by atoms with Crippen LogP contribution in [-0.4, -0.2) is 206 Å². The number of rotatable bonds is 8. The first-order valence-corrected chi connectivity index (χ1v) is 34.4. The number of hydrogen-bond acceptors (Lipinski definition) is 29. The van der Waals surface area contributed by atoms with Crippen LogP contribution in [0.25, 0.3) is 11.0 Å². The molecule has 16 heterocycles. The van der Waals surface area contributed by atoms with Gasteiger partial charge < -0.3 is 55.5 Å². The van der Waals surface area contributed by atoms with Gasteiger partial charge in [0.1, 0.15) is 91.5 Å². The van der Waals surface area contributed by atoms with Gasteiger partial charge >= 0.3 is 0 Å². The molecule has 4 saturated heterocycles. The molecule has 1 aromatic carbocycles. The highest BCUT2D eigenvalue weighted by Crippen LogP contribution is 2.33. The molecule has 4 fully saturated rings. The molecule has 0 spiro atoms. The maximum Gasteiger partial charge on any atom is 0.165 e. The van der Waals surface area contributed by atoms with Crippen LogP contribution in [0.15, 0.2) is 81.1 Å². The summed E-state index contributed by atoms with van der Waals surface area (Å²) < 4.78 is 32.3. The summed E-state index contributed by atoms with van der Waals surface area (Å²) in [6, 6.07) is 4.88. The van der Waals surface area contributed by atoms with Crippen LogP contribution in [0.3, 0.4) is 0 Å². The van der Waals surface area contributed by atoms with E-state index in [2.05, 4.69) is 165 Å². The van der Waals surface area contributed by atoms with Crippen LogP contribution in [0.4, 0.5) is 45.1 Å². The summed E-state index contributed by atoms with van der Waals surface area (Å²) in [5, 5.41) is 11.0. The van der Waals surface area contributed by atoms with E-state index in [0.717, 1.165) is 177 Å². The normalized spacial score (nSPS) is 16.8. The largest absolute Gasteiger partial charge is 0.488 e. The van der Waals surface area contributed by atoms with Crippen molar-refractivity contribution in [1.29, 1.82) is 0 Å². The van der Waals surface area contributed by atoms with Gasteiger partial charge in [-0.15, -0.1) is 0 Å². The number of fused-ring (bicyclic) bond motifs is 6. The van der Waals surface area contributed by atoms with E-state index in [1.54, 1.807) is 38.2 Å². The smallest absolute Gasteiger partial charge is 0.165 e. The molecule has 0 atom stereocenters. The van der Waals surface area contributed by atoms with Gasteiger partial charge in [-0.2, -0.15) is 5.10 Å². The first kappa shape index (κ1) is 68.0. The molecule has 0 saturated carbocycles. The molecule has 8 aromatic rings. The number of morpholine rings is 2. The third-order valence-corrected chi connectivity index (χ3v) is 18.5. The second-order valence-corrected chi connectivity index (χ2v) is 25.7. The Morgan fingerprint density at radius 1 is 0.567 bits per heavy atom. The van der Waals surface area contributed by atoms with Gasteiger partial charge in [0.15, 0.2) is 23.0 Å². The first-order chi connectivity index (χ1) is 47.3. The molecule has 9 aliphatic rings. The number of hydrogen-bond donors (Lipinski definition) is 4. The van der Waals surface area contributed by atoms with Crippen molar-refractivity contribution in [1.82, 2.24) is 74.9 Å². The fourth-order valence-corrected chi connectivity index (χ4v) is 13.5. The number of amidine groups is 1. The summed E-state index contributed by atoms with van der Waals surface area (Å²) in [6.45, 7) is 17.8. The second-order valence-electron chi connectivity index (χ2n) is 23.6. The van der Waals surface area contributed by atoms with E-state index >= 15 is 0 Å². The average Bonchev–Trinajstić information content (AvgIpc) is 1.73. The molecule has 0 aliphatic carbocycles. The molecule has 17 rings (SSSR count). The van der Waals surface area contributed by atoms with Crippen LogP contribution < -0.4 is 41.1 Å². The van der Waals surface area contributed by atoms with Crippen LogP contribution in [0.1, 0.15) is 108 Å². The SMILES string of the molecule is C1=NCc2ncnc(N3CCOCC3)c21.CN(C)c1ncnc2c1C(I)=NC2.CNc1ncnc2c1C(c1ccc(OC(C)C)c(F)c1)=NC2.IC1=NCc2ncnc(N3CCOCC3)c21.Nc1ncnc2[nH]nc(N3CCCC3)c12.Nc1ncnc2c1C(N1CCCCC1)=NC2. The van der Waals surface area contributed by atoms with Gasteiger partial charge in [-0.1, -0.05) is 0 Å². The summed E-state index contributed by atoms with van der Waals surface area (Å²) in [5.41, 5.74) is 23.9. The zero-order valence-electron chi connectivity index (χ0n) is 54.7. The number of halogens is 3. The quantitative estimate of drug-likeness (QED) is 0.116. The van der Waals surface area contributed by atoms with Crippen molar-refractivity contribution in [2.24, 2.45) is 25.0 Å². The lowest BCUT2D eigenvalue weighted by Gasteiger charge is -2.28. The molecular weight excluding hydrogens is 1470 g/mol. The number of nitrogen functional groups attached to an aromatic ring is 2. The van der Waals surface area contributed by atoms with Gasteiger partial charge in [0.25, 0.3) is 0 Å². The van der Waals surface area contributed by atoms with Crippen LogP contribution in [0, 0.1) is 5.82 Å². The standard InChI is InChI=1S/C16H17FN4O.C11H15N5.C10H11IN4O.C10H12N4O.C9H12N6.C8H9IN4/c1-9(2)22-13-5-4-10(6-11(13)17)15-14-12(7-19-15)20-8-21-16(14)18-3;12-10-9-8(14-7-15-10)6-13-11(9)16-4-2-1-3-5-16;11-9-8-7(5-12-9)13-6-14-10(8)15-1-3-16-4-2-15;1-3-15-4-2-14(1)10-8-5-11-6-9(8)12-7-13-10;10-7-6-8(12-5-11-7)13-14-9(6)15-3-1-2-4-15;1-13(2)8-6-5(11-4-12-8)3-10-7(6)9/h4-6,8-9H,7H2,1-3H3,(H,18,20,21);7H,1-6H2,(H2,12,14,15);6H,1-5H2;5,7H,1-4,6H2;5H,1-4H2,(H3,10,11,12,13,14);4H,3H2,1-2H3. The van der Waals surface area contributed by atoms with Crippen molar-refractivity contribution in [3.05, 3.63) is 124 Å². The van der Waals surface area contributed by atoms with Gasteiger partial charge in [-0.3, -0.25) is 30.1 Å². The van der Waals surface area contributed by atoms with Gasteiger partial charge in [-0.25, -0.2) is 64.2 Å². The number of likely N-dealkylation sites (tertiary alicyclic amines) is 1. The minimum atomic E-state index is -0.398. The third kappa shape index (κ3) is 15.7. The summed E-state index contributed by atoms with van der Waals surface area (Å²) in [6.07, 6.45) is 17.3. The van der Waals surface area contributed by atoms with Gasteiger partial charge in [0.05, 0.1) is 127 Å². The number of nitrogens with zero attached hydrogens (tertiary/aromatic N) is 23. The van der Waals surface area contributed by atoms with Crippen LogP contribution in [0.5, 0.6) is 5.75 Å². The van der Waals surface area contributed by atoms with Gasteiger partial charge in [0.2, 0.25) is 0 Å². The van der Waals surface area contributed by atoms with Crippen LogP contribution >= 0.6 is 45.2 Å². The van der Waals surface area contributed by atoms with E-state index in [1.165, 1.54) is 57.2 Å². The highest BCUT2D eigenvalue weighted by Gasteiger charge is 2.30. The van der Waals surface area contributed by atoms with Crippen molar-refractivity contribution >= 4 is 122 Å². The van der Waals surface area contributed by atoms with Crippen molar-refractivity contribution in [3.8, 4) is 5.75 Å². The number of aliphatic imine (C=N–C) groups is 5. The predicted octanol–water partition coefficient (Wildman–Crippen LogP) is 6.63. The number of H-pyrrole nitrogens is 1. The molecule has 0 amide bonds. The zero-order chi connectivity index (χ0) is 67.4.